The van der Waals surface area contributed by atoms with E-state index in [1.54, 1.807) is 6.08 Å². The van der Waals surface area contributed by atoms with Crippen LogP contribution in [0.25, 0.3) is 6.08 Å². The largest absolute Gasteiger partial charge is 0.493 e. The third-order valence-electron chi connectivity index (χ3n) is 3.51. The second-order valence-corrected chi connectivity index (χ2v) is 5.34. The number of fused-ring (bicyclic) bond motifs is 1. The smallest absolute Gasteiger partial charge is 0.244 e. The molecule has 1 unspecified atom stereocenters. The number of carbonyl (C=O) groups excluding carboxylic acids is 1. The molecule has 102 valence electrons. The van der Waals surface area contributed by atoms with Gasteiger partial charge in [0.25, 0.3) is 0 Å². The highest BCUT2D eigenvalue weighted by atomic mass is 16.5. The van der Waals surface area contributed by atoms with Gasteiger partial charge in [-0.05, 0) is 42.2 Å². The van der Waals surface area contributed by atoms with E-state index in [1.807, 2.05) is 25.1 Å². The van der Waals surface area contributed by atoms with Crippen LogP contribution in [0.1, 0.15) is 31.9 Å². The number of carbonyl (C=O) groups is 1. The van der Waals surface area contributed by atoms with Crippen molar-refractivity contribution in [3.05, 3.63) is 35.4 Å². The minimum absolute atomic E-state index is 0.0436. The van der Waals surface area contributed by atoms with Crippen molar-refractivity contribution in [2.45, 2.75) is 33.2 Å². The second kappa shape index (κ2) is 5.91. The summed E-state index contributed by atoms with van der Waals surface area (Å²) in [6.45, 7) is 6.96. The molecule has 0 aliphatic carbocycles. The number of amides is 1. The van der Waals surface area contributed by atoms with Crippen molar-refractivity contribution in [3.8, 4) is 5.75 Å². The second-order valence-electron chi connectivity index (χ2n) is 5.34. The fourth-order valence-electron chi connectivity index (χ4n) is 1.92. The lowest BCUT2D eigenvalue weighted by atomic mass is 10.1. The molecule has 3 heteroatoms. The first-order valence-corrected chi connectivity index (χ1v) is 6.80. The van der Waals surface area contributed by atoms with Gasteiger partial charge >= 0.3 is 0 Å². The predicted octanol–water partition coefficient (Wildman–Crippen LogP) is 2.80. The maximum Gasteiger partial charge on any atom is 0.244 e. The molecule has 19 heavy (non-hydrogen) atoms. The monoisotopic (exact) mass is 259 g/mol. The summed E-state index contributed by atoms with van der Waals surface area (Å²) < 4.78 is 5.45. The Kier molecular flexibility index (Phi) is 4.25. The molecule has 1 aliphatic rings. The van der Waals surface area contributed by atoms with Gasteiger partial charge in [-0.15, -0.1) is 0 Å². The van der Waals surface area contributed by atoms with E-state index in [4.69, 9.17) is 4.74 Å². The zero-order valence-electron chi connectivity index (χ0n) is 11.8. The molecule has 1 N–H and O–H groups in total. The van der Waals surface area contributed by atoms with E-state index in [2.05, 4.69) is 25.2 Å². The van der Waals surface area contributed by atoms with Gasteiger partial charge in [-0.2, -0.15) is 0 Å². The maximum absolute atomic E-state index is 11.7. The molecule has 2 rings (SSSR count). The van der Waals surface area contributed by atoms with Crippen molar-refractivity contribution in [2.75, 3.05) is 6.61 Å². The number of hydrogen-bond donors (Lipinski definition) is 1. The molecule has 1 atom stereocenters. The highest BCUT2D eigenvalue weighted by molar-refractivity contribution is 5.91. The molecule has 1 aromatic carbocycles. The van der Waals surface area contributed by atoms with Crippen LogP contribution in [0.3, 0.4) is 0 Å². The fraction of sp³-hybridized carbons (Fsp3) is 0.438. The Bertz CT molecular complexity index is 492. The molecule has 0 saturated carbocycles. The summed E-state index contributed by atoms with van der Waals surface area (Å²) >= 11 is 0. The molecular formula is C16H21NO2. The van der Waals surface area contributed by atoms with Gasteiger partial charge in [0.05, 0.1) is 6.61 Å². The topological polar surface area (TPSA) is 38.3 Å². The van der Waals surface area contributed by atoms with Crippen molar-refractivity contribution in [2.24, 2.45) is 5.92 Å². The first-order chi connectivity index (χ1) is 9.06. The molecule has 0 radical (unpaired) electrons. The molecular weight excluding hydrogens is 238 g/mol. The molecule has 0 fully saturated rings. The van der Waals surface area contributed by atoms with Gasteiger partial charge in [-0.1, -0.05) is 19.9 Å². The molecule has 3 nitrogen and oxygen atoms in total. The van der Waals surface area contributed by atoms with Crippen LogP contribution in [0.4, 0.5) is 0 Å². The van der Waals surface area contributed by atoms with Gasteiger partial charge in [0.2, 0.25) is 5.91 Å². The Morgan fingerprint density at radius 2 is 2.16 bits per heavy atom. The van der Waals surface area contributed by atoms with Crippen LogP contribution in [-0.2, 0) is 11.2 Å². The lowest BCUT2D eigenvalue weighted by molar-refractivity contribution is -0.117. The van der Waals surface area contributed by atoms with Crippen molar-refractivity contribution in [3.63, 3.8) is 0 Å². The predicted molar refractivity (Wildman–Crippen MR) is 77.1 cm³/mol. The van der Waals surface area contributed by atoms with E-state index < -0.39 is 0 Å². The summed E-state index contributed by atoms with van der Waals surface area (Å²) in [4.78, 5) is 11.7. The molecule has 1 aromatic rings. The molecule has 1 aliphatic heterocycles. The number of nitrogens with one attached hydrogen (secondary N) is 1. The Labute approximate surface area is 114 Å². The zero-order valence-corrected chi connectivity index (χ0v) is 11.8. The number of rotatable bonds is 4. The zero-order chi connectivity index (χ0) is 13.8. The SMILES string of the molecule is CC(C)C(C)NC(=O)/C=C/c1ccc2c(c1)CCO2. The van der Waals surface area contributed by atoms with Crippen molar-refractivity contribution < 1.29 is 9.53 Å². The molecule has 0 bridgehead atoms. The Hall–Kier alpha value is -1.77. The van der Waals surface area contributed by atoms with Crippen LogP contribution in [0.15, 0.2) is 24.3 Å². The van der Waals surface area contributed by atoms with Gasteiger partial charge in [-0.25, -0.2) is 0 Å². The first-order valence-electron chi connectivity index (χ1n) is 6.80. The van der Waals surface area contributed by atoms with Gasteiger partial charge in [0.1, 0.15) is 5.75 Å². The molecule has 0 spiro atoms. The van der Waals surface area contributed by atoms with Crippen LogP contribution >= 0.6 is 0 Å². The minimum atomic E-state index is -0.0436. The number of hydrogen-bond acceptors (Lipinski definition) is 2. The van der Waals surface area contributed by atoms with Gasteiger partial charge < -0.3 is 10.1 Å². The summed E-state index contributed by atoms with van der Waals surface area (Å²) in [6, 6.07) is 6.21. The van der Waals surface area contributed by atoms with Crippen molar-refractivity contribution >= 4 is 12.0 Å². The Balaban J connectivity index is 1.97. The number of ether oxygens (including phenoxy) is 1. The van der Waals surface area contributed by atoms with E-state index in [0.29, 0.717) is 5.92 Å². The highest BCUT2D eigenvalue weighted by Crippen LogP contribution is 2.26. The van der Waals surface area contributed by atoms with Crippen LogP contribution < -0.4 is 10.1 Å². The van der Waals surface area contributed by atoms with E-state index in [9.17, 15) is 4.79 Å². The molecule has 1 amide bonds. The molecule has 0 aromatic heterocycles. The number of benzene rings is 1. The van der Waals surface area contributed by atoms with Crippen LogP contribution in [0.5, 0.6) is 5.75 Å². The maximum atomic E-state index is 11.7. The van der Waals surface area contributed by atoms with E-state index in [-0.39, 0.29) is 11.9 Å². The summed E-state index contributed by atoms with van der Waals surface area (Å²) in [5.74, 6) is 1.36. The first kappa shape index (κ1) is 13.7. The van der Waals surface area contributed by atoms with E-state index in [0.717, 1.165) is 24.3 Å². The van der Waals surface area contributed by atoms with Gasteiger partial charge in [0, 0.05) is 18.5 Å². The molecule has 0 saturated heterocycles. The fourth-order valence-corrected chi connectivity index (χ4v) is 1.92. The van der Waals surface area contributed by atoms with Gasteiger partial charge in [-0.3, -0.25) is 4.79 Å². The van der Waals surface area contributed by atoms with Crippen LogP contribution in [0.2, 0.25) is 0 Å². The lowest BCUT2D eigenvalue weighted by Gasteiger charge is -2.15. The van der Waals surface area contributed by atoms with Crippen molar-refractivity contribution in [1.29, 1.82) is 0 Å². The third kappa shape index (κ3) is 3.60. The molecule has 1 heterocycles. The van der Waals surface area contributed by atoms with E-state index >= 15 is 0 Å². The summed E-state index contributed by atoms with van der Waals surface area (Å²) in [5.41, 5.74) is 2.26. The summed E-state index contributed by atoms with van der Waals surface area (Å²) in [7, 11) is 0. The lowest BCUT2D eigenvalue weighted by Crippen LogP contribution is -2.34. The Morgan fingerprint density at radius 3 is 2.89 bits per heavy atom. The normalized spacial score (nSPS) is 15.4. The average Bonchev–Trinajstić information content (AvgIpc) is 2.83. The highest BCUT2D eigenvalue weighted by Gasteiger charge is 2.11. The van der Waals surface area contributed by atoms with Crippen LogP contribution in [0, 0.1) is 5.92 Å². The Morgan fingerprint density at radius 1 is 1.37 bits per heavy atom. The van der Waals surface area contributed by atoms with Gasteiger partial charge in [0.15, 0.2) is 0 Å². The van der Waals surface area contributed by atoms with Crippen LogP contribution in [-0.4, -0.2) is 18.6 Å². The summed E-state index contributed by atoms with van der Waals surface area (Å²) in [6.07, 6.45) is 4.39. The minimum Gasteiger partial charge on any atom is -0.493 e. The van der Waals surface area contributed by atoms with E-state index in [1.165, 1.54) is 5.56 Å². The quantitative estimate of drug-likeness (QED) is 0.844. The third-order valence-corrected chi connectivity index (χ3v) is 3.51. The standard InChI is InChI=1S/C16H21NO2/c1-11(2)12(3)17-16(18)7-5-13-4-6-15-14(10-13)8-9-19-15/h4-7,10-12H,8-9H2,1-3H3,(H,17,18)/b7-5+. The van der Waals surface area contributed by atoms with Crippen molar-refractivity contribution in [1.82, 2.24) is 5.32 Å². The summed E-state index contributed by atoms with van der Waals surface area (Å²) in [5, 5.41) is 2.95. The average molecular weight is 259 g/mol.